The molecule has 24 heavy (non-hydrogen) atoms. The number of hydrogen-bond donors (Lipinski definition) is 3. The Morgan fingerprint density at radius 1 is 1.58 bits per heavy atom. The molecule has 0 spiro atoms. The molecule has 9 nitrogen and oxygen atoms in total. The molecule has 2 saturated heterocycles. The van der Waals surface area contributed by atoms with Crippen molar-refractivity contribution in [2.24, 2.45) is 0 Å². The molecule has 5 atom stereocenters. The number of nitrogens with zero attached hydrogens (tertiary/aromatic N) is 3. The van der Waals surface area contributed by atoms with Crippen LogP contribution in [0.25, 0.3) is 11.2 Å². The molecular formula is C12H15N4O5PS2. The molecule has 2 aliphatic rings. The number of nitrogen functional groups attached to an aromatic ring is 1. The third kappa shape index (κ3) is 2.47. The fourth-order valence-electron chi connectivity index (χ4n) is 2.87. The molecule has 2 aliphatic heterocycles. The molecule has 4 heterocycles. The SMILES string of the molecule is CSP1(=O)OC[C@H]2O[C@@H](n3c(S)nc4c(N)ccnc43)C(O)C2O1. The summed E-state index contributed by atoms with van der Waals surface area (Å²) in [6.07, 6.45) is -0.0739. The molecule has 130 valence electrons. The predicted molar refractivity (Wildman–Crippen MR) is 91.1 cm³/mol. The largest absolute Gasteiger partial charge is 0.397 e. The van der Waals surface area contributed by atoms with Crippen LogP contribution in [0.15, 0.2) is 17.4 Å². The lowest BCUT2D eigenvalue weighted by atomic mass is 10.1. The van der Waals surface area contributed by atoms with Crippen molar-refractivity contribution in [1.82, 2.24) is 14.5 Å². The van der Waals surface area contributed by atoms with Crippen molar-refractivity contribution < 1.29 is 23.5 Å². The number of ether oxygens (including phenoxy) is 1. The zero-order valence-electron chi connectivity index (χ0n) is 12.5. The van der Waals surface area contributed by atoms with Crippen LogP contribution in [0.4, 0.5) is 5.69 Å². The van der Waals surface area contributed by atoms with Gasteiger partial charge >= 0.3 is 6.80 Å². The molecule has 0 radical (unpaired) electrons. The predicted octanol–water partition coefficient (Wildman–Crippen LogP) is 1.45. The smallest absolute Gasteiger partial charge is 0.389 e. The van der Waals surface area contributed by atoms with Gasteiger partial charge in [-0.3, -0.25) is 13.6 Å². The monoisotopic (exact) mass is 390 g/mol. The first-order valence-corrected chi connectivity index (χ1v) is 10.9. The second-order valence-electron chi connectivity index (χ2n) is 5.41. The van der Waals surface area contributed by atoms with Crippen LogP contribution in [-0.4, -0.2) is 50.8 Å². The van der Waals surface area contributed by atoms with Crippen LogP contribution >= 0.6 is 30.8 Å². The van der Waals surface area contributed by atoms with Gasteiger partial charge in [0.05, 0.1) is 12.3 Å². The quantitative estimate of drug-likeness (QED) is 0.516. The number of pyridine rings is 1. The van der Waals surface area contributed by atoms with E-state index in [2.05, 4.69) is 22.6 Å². The first-order chi connectivity index (χ1) is 11.4. The summed E-state index contributed by atoms with van der Waals surface area (Å²) in [7, 11) is 0. The van der Waals surface area contributed by atoms with Crippen LogP contribution in [0.3, 0.4) is 0 Å². The molecule has 2 aromatic rings. The maximum Gasteiger partial charge on any atom is 0.389 e. The van der Waals surface area contributed by atoms with Gasteiger partial charge in [0.2, 0.25) is 0 Å². The summed E-state index contributed by atoms with van der Waals surface area (Å²) in [5.74, 6) is 0. The molecule has 0 bridgehead atoms. The molecule has 3 N–H and O–H groups in total. The molecule has 0 saturated carbocycles. The number of anilines is 1. The highest BCUT2D eigenvalue weighted by Crippen LogP contribution is 2.64. The van der Waals surface area contributed by atoms with Crippen molar-refractivity contribution in [2.45, 2.75) is 29.7 Å². The lowest BCUT2D eigenvalue weighted by molar-refractivity contribution is -0.0591. The van der Waals surface area contributed by atoms with E-state index < -0.39 is 31.3 Å². The third-order valence-electron chi connectivity index (χ3n) is 4.03. The molecule has 12 heteroatoms. The first kappa shape index (κ1) is 16.6. The van der Waals surface area contributed by atoms with Crippen molar-refractivity contribution in [3.05, 3.63) is 12.3 Å². The number of imidazole rings is 1. The van der Waals surface area contributed by atoms with Gasteiger partial charge in [-0.1, -0.05) is 0 Å². The van der Waals surface area contributed by atoms with E-state index in [0.717, 1.165) is 11.4 Å². The van der Waals surface area contributed by atoms with E-state index in [1.165, 1.54) is 0 Å². The Morgan fingerprint density at radius 3 is 3.12 bits per heavy atom. The Morgan fingerprint density at radius 2 is 2.38 bits per heavy atom. The highest BCUT2D eigenvalue weighted by atomic mass is 32.7. The summed E-state index contributed by atoms with van der Waals surface area (Å²) in [6, 6.07) is 1.63. The summed E-state index contributed by atoms with van der Waals surface area (Å²) in [4.78, 5) is 8.52. The van der Waals surface area contributed by atoms with Crippen LogP contribution in [0, 0.1) is 0 Å². The number of aromatic nitrogens is 3. The van der Waals surface area contributed by atoms with Crippen molar-refractivity contribution in [2.75, 3.05) is 18.6 Å². The van der Waals surface area contributed by atoms with E-state index in [4.69, 9.17) is 19.5 Å². The van der Waals surface area contributed by atoms with Crippen molar-refractivity contribution in [1.29, 1.82) is 0 Å². The van der Waals surface area contributed by atoms with E-state index in [1.807, 2.05) is 0 Å². The van der Waals surface area contributed by atoms with Crippen LogP contribution in [0.5, 0.6) is 0 Å². The molecule has 2 aromatic heterocycles. The van der Waals surface area contributed by atoms with Gasteiger partial charge in [0.1, 0.15) is 23.8 Å². The second-order valence-corrected chi connectivity index (χ2v) is 9.97. The topological polar surface area (TPSA) is 122 Å². The minimum atomic E-state index is -3.28. The number of nitrogens with two attached hydrogens (primary N) is 1. The van der Waals surface area contributed by atoms with Crippen molar-refractivity contribution >= 4 is 47.7 Å². The van der Waals surface area contributed by atoms with Gasteiger partial charge in [0, 0.05) is 6.20 Å². The van der Waals surface area contributed by atoms with Crippen LogP contribution in [0.1, 0.15) is 6.23 Å². The fraction of sp³-hybridized carbons (Fsp3) is 0.500. The van der Waals surface area contributed by atoms with E-state index in [0.29, 0.717) is 22.0 Å². The van der Waals surface area contributed by atoms with Crippen molar-refractivity contribution in [3.8, 4) is 0 Å². The number of aliphatic hydroxyl groups is 1. The number of aliphatic hydroxyl groups excluding tert-OH is 1. The van der Waals surface area contributed by atoms with Gasteiger partial charge in [-0.15, -0.1) is 12.6 Å². The molecule has 0 aliphatic carbocycles. The van der Waals surface area contributed by atoms with Gasteiger partial charge in [-0.25, -0.2) is 14.5 Å². The normalized spacial score (nSPS) is 36.1. The minimum absolute atomic E-state index is 0.0699. The average molecular weight is 390 g/mol. The van der Waals surface area contributed by atoms with Gasteiger partial charge in [-0.2, -0.15) is 0 Å². The summed E-state index contributed by atoms with van der Waals surface area (Å²) in [6.45, 7) is -3.21. The Balaban J connectivity index is 1.73. The maximum atomic E-state index is 12.3. The van der Waals surface area contributed by atoms with Crippen molar-refractivity contribution in [3.63, 3.8) is 0 Å². The molecule has 4 rings (SSSR count). The standard InChI is InChI=1S/C12H15N4O5PS2/c1-24-22(18)19-4-6-9(21-22)8(17)11(20-6)16-10-7(15-12(16)23)5(13)2-3-14-10/h2-3,6,8-9,11,17H,4H2,1H3,(H2,13,14)(H,15,23)/t6-,8?,9?,11-,22?/m1/s1. The highest BCUT2D eigenvalue weighted by Gasteiger charge is 2.53. The third-order valence-corrected chi connectivity index (χ3v) is 7.67. The zero-order valence-corrected chi connectivity index (χ0v) is 15.1. The van der Waals surface area contributed by atoms with E-state index in [-0.39, 0.29) is 6.61 Å². The van der Waals surface area contributed by atoms with Crippen LogP contribution < -0.4 is 5.73 Å². The second kappa shape index (κ2) is 5.87. The van der Waals surface area contributed by atoms with E-state index in [1.54, 1.807) is 23.1 Å². The van der Waals surface area contributed by atoms with Gasteiger partial charge in [0.15, 0.2) is 17.0 Å². The summed E-state index contributed by atoms with van der Waals surface area (Å²) in [5.41, 5.74) is 7.27. The Hall–Kier alpha value is -0.810. The number of thiol groups is 1. The van der Waals surface area contributed by atoms with E-state index >= 15 is 0 Å². The number of fused-ring (bicyclic) bond motifs is 2. The Labute approximate surface area is 146 Å². The van der Waals surface area contributed by atoms with Crippen LogP contribution in [-0.2, 0) is 18.3 Å². The van der Waals surface area contributed by atoms with Gasteiger partial charge in [0.25, 0.3) is 0 Å². The maximum absolute atomic E-state index is 12.3. The Kier molecular flexibility index (Phi) is 4.07. The lowest BCUT2D eigenvalue weighted by Gasteiger charge is -2.30. The minimum Gasteiger partial charge on any atom is -0.397 e. The summed E-state index contributed by atoms with van der Waals surface area (Å²) < 4.78 is 30.4. The van der Waals surface area contributed by atoms with Gasteiger partial charge in [-0.05, 0) is 23.7 Å². The molecule has 2 fully saturated rings. The Bertz CT molecular complexity index is 848. The number of hydrogen-bond acceptors (Lipinski definition) is 10. The van der Waals surface area contributed by atoms with Gasteiger partial charge < -0.3 is 15.6 Å². The van der Waals surface area contributed by atoms with Crippen LogP contribution in [0.2, 0.25) is 0 Å². The van der Waals surface area contributed by atoms with E-state index in [9.17, 15) is 9.67 Å². The molecule has 0 amide bonds. The fourth-order valence-corrected chi connectivity index (χ4v) is 5.37. The average Bonchev–Trinajstić information content (AvgIpc) is 3.05. The zero-order chi connectivity index (χ0) is 17.1. The number of rotatable bonds is 2. The first-order valence-electron chi connectivity index (χ1n) is 7.07. The summed E-state index contributed by atoms with van der Waals surface area (Å²) in [5, 5.41) is 11.0. The molecule has 0 aromatic carbocycles. The highest BCUT2D eigenvalue weighted by molar-refractivity contribution is 8.54. The lowest BCUT2D eigenvalue weighted by Crippen LogP contribution is -2.38. The summed E-state index contributed by atoms with van der Waals surface area (Å²) >= 11 is 5.33. The molecular weight excluding hydrogens is 375 g/mol. The molecule has 3 unspecified atom stereocenters.